The number of para-hydroxylation sites is 2. The summed E-state index contributed by atoms with van der Waals surface area (Å²) in [6.07, 6.45) is 0. The molecule has 2 aromatic carbocycles. The van der Waals surface area contributed by atoms with Gasteiger partial charge < -0.3 is 4.98 Å². The number of H-pyrrole nitrogens is 1. The van der Waals surface area contributed by atoms with Crippen LogP contribution in [0.1, 0.15) is 29.9 Å². The molecule has 0 aliphatic carbocycles. The molecule has 0 aliphatic heterocycles. The molecule has 2 aromatic heterocycles. The highest BCUT2D eigenvalue weighted by Crippen LogP contribution is 2.29. The fraction of sp³-hybridized carbons (Fsp3) is 0.227. The minimum atomic E-state index is -0.372. The van der Waals surface area contributed by atoms with Crippen LogP contribution < -0.4 is 5.56 Å². The lowest BCUT2D eigenvalue weighted by Crippen LogP contribution is -2.24. The van der Waals surface area contributed by atoms with Crippen molar-refractivity contribution in [1.82, 2.24) is 14.5 Å². The summed E-state index contributed by atoms with van der Waals surface area (Å²) in [4.78, 5) is 34.0. The van der Waals surface area contributed by atoms with E-state index in [1.165, 1.54) is 11.8 Å². The quantitative estimate of drug-likeness (QED) is 0.307. The molecule has 0 bridgehead atoms. The Morgan fingerprint density at radius 3 is 2.57 bits per heavy atom. The van der Waals surface area contributed by atoms with Crippen molar-refractivity contribution in [2.24, 2.45) is 0 Å². The van der Waals surface area contributed by atoms with Crippen LogP contribution >= 0.6 is 11.8 Å². The Morgan fingerprint density at radius 1 is 1.14 bits per heavy atom. The van der Waals surface area contributed by atoms with Crippen molar-refractivity contribution < 1.29 is 4.79 Å². The summed E-state index contributed by atoms with van der Waals surface area (Å²) in [6.45, 7) is 6.21. The minimum Gasteiger partial charge on any atom is -0.358 e. The van der Waals surface area contributed by atoms with Crippen LogP contribution in [0.15, 0.2) is 58.5 Å². The molecule has 1 N–H and O–H groups in total. The largest absolute Gasteiger partial charge is 0.358 e. The zero-order valence-corrected chi connectivity index (χ0v) is 16.8. The predicted molar refractivity (Wildman–Crippen MR) is 114 cm³/mol. The smallest absolute Gasteiger partial charge is 0.262 e. The number of aryl methyl sites for hydroxylation is 1. The number of carbonyl (C=O) groups excluding carboxylic acids is 1. The third-order valence-electron chi connectivity index (χ3n) is 4.93. The monoisotopic (exact) mass is 391 g/mol. The summed E-state index contributed by atoms with van der Waals surface area (Å²) in [5.41, 5.74) is 3.11. The fourth-order valence-corrected chi connectivity index (χ4v) is 4.56. The molecule has 0 spiro atoms. The molecule has 5 nitrogen and oxygen atoms in total. The van der Waals surface area contributed by atoms with Crippen molar-refractivity contribution in [2.75, 3.05) is 0 Å². The van der Waals surface area contributed by atoms with Crippen LogP contribution in [0.25, 0.3) is 21.8 Å². The first kappa shape index (κ1) is 18.5. The maximum atomic E-state index is 13.2. The first-order chi connectivity index (χ1) is 13.5. The van der Waals surface area contributed by atoms with Gasteiger partial charge in [0.2, 0.25) is 0 Å². The van der Waals surface area contributed by atoms with Gasteiger partial charge in [0.05, 0.1) is 16.2 Å². The second-order valence-corrected chi connectivity index (χ2v) is 8.06. The molecule has 142 valence electrons. The molecule has 4 aromatic rings. The van der Waals surface area contributed by atoms with Crippen molar-refractivity contribution in [3.05, 3.63) is 70.1 Å². The van der Waals surface area contributed by atoms with Gasteiger partial charge in [-0.2, -0.15) is 0 Å². The number of nitrogens with zero attached hydrogens (tertiary/aromatic N) is 2. The average molecular weight is 391 g/mol. The maximum absolute atomic E-state index is 13.2. The Morgan fingerprint density at radius 2 is 1.82 bits per heavy atom. The molecule has 0 saturated heterocycles. The number of benzene rings is 2. The van der Waals surface area contributed by atoms with E-state index < -0.39 is 0 Å². The first-order valence-corrected chi connectivity index (χ1v) is 10.2. The standard InChI is InChI=1S/C22H21N3O2S/c1-4-25-21(27)16-10-6-8-12-18(16)24-22(25)28-14(3)20(26)19-13(2)23-17-11-7-5-9-15(17)19/h5-12,14,23H,4H2,1-3H3/t14-/m0/s1. The molecule has 0 aliphatic rings. The number of nitrogens with one attached hydrogen (secondary N) is 1. The highest BCUT2D eigenvalue weighted by molar-refractivity contribution is 8.00. The number of carbonyl (C=O) groups is 1. The van der Waals surface area contributed by atoms with Gasteiger partial charge in [0, 0.05) is 28.7 Å². The van der Waals surface area contributed by atoms with Crippen LogP contribution in [0, 0.1) is 6.92 Å². The van der Waals surface area contributed by atoms with Crippen LogP contribution in [0.2, 0.25) is 0 Å². The Hall–Kier alpha value is -2.86. The van der Waals surface area contributed by atoms with Crippen LogP contribution in [0.5, 0.6) is 0 Å². The summed E-state index contributed by atoms with van der Waals surface area (Å²) < 4.78 is 1.64. The van der Waals surface area contributed by atoms with Gasteiger partial charge in [-0.1, -0.05) is 42.1 Å². The summed E-state index contributed by atoms with van der Waals surface area (Å²) in [5.74, 6) is 0.0324. The lowest BCUT2D eigenvalue weighted by atomic mass is 10.1. The zero-order chi connectivity index (χ0) is 19.8. The SMILES string of the molecule is CCn1c(S[C@@H](C)C(=O)c2c(C)[nH]c3ccccc23)nc2ccccc2c1=O. The Balaban J connectivity index is 1.74. The van der Waals surface area contributed by atoms with Gasteiger partial charge in [-0.15, -0.1) is 0 Å². The average Bonchev–Trinajstić information content (AvgIpc) is 3.03. The van der Waals surface area contributed by atoms with Crippen LogP contribution in [0.4, 0.5) is 0 Å². The third kappa shape index (κ3) is 3.03. The van der Waals surface area contributed by atoms with Gasteiger partial charge >= 0.3 is 0 Å². The summed E-state index contributed by atoms with van der Waals surface area (Å²) >= 11 is 1.34. The van der Waals surface area contributed by atoms with E-state index in [1.54, 1.807) is 10.6 Å². The Bertz CT molecular complexity index is 1260. The topological polar surface area (TPSA) is 67.8 Å². The van der Waals surface area contributed by atoms with Gasteiger partial charge in [0.25, 0.3) is 5.56 Å². The number of rotatable bonds is 5. The van der Waals surface area contributed by atoms with E-state index in [9.17, 15) is 9.59 Å². The normalized spacial score (nSPS) is 12.5. The van der Waals surface area contributed by atoms with E-state index in [4.69, 9.17) is 0 Å². The Kier molecular flexibility index (Phi) is 4.81. The molecule has 0 saturated carbocycles. The van der Waals surface area contributed by atoms with E-state index in [2.05, 4.69) is 9.97 Å². The van der Waals surface area contributed by atoms with E-state index in [1.807, 2.05) is 63.2 Å². The lowest BCUT2D eigenvalue weighted by Gasteiger charge is -2.15. The number of Topliss-reactive ketones (excluding diaryl/α,β-unsaturated/α-hetero) is 1. The van der Waals surface area contributed by atoms with Crippen molar-refractivity contribution >= 4 is 39.4 Å². The molecule has 0 unspecified atom stereocenters. The molecule has 1 atom stereocenters. The predicted octanol–water partition coefficient (Wildman–Crippen LogP) is 4.57. The van der Waals surface area contributed by atoms with Crippen molar-refractivity contribution in [3.8, 4) is 0 Å². The molecular formula is C22H21N3O2S. The summed E-state index contributed by atoms with van der Waals surface area (Å²) in [6, 6.07) is 15.1. The highest BCUT2D eigenvalue weighted by Gasteiger charge is 2.24. The van der Waals surface area contributed by atoms with E-state index in [0.717, 1.165) is 16.6 Å². The van der Waals surface area contributed by atoms with Crippen molar-refractivity contribution in [1.29, 1.82) is 0 Å². The van der Waals surface area contributed by atoms with Gasteiger partial charge in [-0.3, -0.25) is 14.2 Å². The molecule has 0 amide bonds. The van der Waals surface area contributed by atoms with E-state index in [-0.39, 0.29) is 16.6 Å². The van der Waals surface area contributed by atoms with Gasteiger partial charge in [0.1, 0.15) is 0 Å². The Labute approximate surface area is 166 Å². The molecule has 0 radical (unpaired) electrons. The number of fused-ring (bicyclic) bond motifs is 2. The molecule has 4 rings (SSSR count). The second-order valence-electron chi connectivity index (χ2n) is 6.76. The number of hydrogen-bond donors (Lipinski definition) is 1. The van der Waals surface area contributed by atoms with Gasteiger partial charge in [-0.05, 0) is 39.0 Å². The molecule has 28 heavy (non-hydrogen) atoms. The highest BCUT2D eigenvalue weighted by atomic mass is 32.2. The summed E-state index contributed by atoms with van der Waals surface area (Å²) in [7, 11) is 0. The number of thioether (sulfide) groups is 1. The molecule has 6 heteroatoms. The van der Waals surface area contributed by atoms with Crippen molar-refractivity contribution in [3.63, 3.8) is 0 Å². The van der Waals surface area contributed by atoms with Crippen LogP contribution in [0.3, 0.4) is 0 Å². The molecule has 0 fully saturated rings. The number of ketones is 1. The maximum Gasteiger partial charge on any atom is 0.262 e. The number of hydrogen-bond acceptors (Lipinski definition) is 4. The second kappa shape index (κ2) is 7.28. The number of aromatic amines is 1. The van der Waals surface area contributed by atoms with Crippen molar-refractivity contribution in [2.45, 2.75) is 37.7 Å². The molecular weight excluding hydrogens is 370 g/mol. The number of aromatic nitrogens is 3. The van der Waals surface area contributed by atoms with Crippen LogP contribution in [-0.2, 0) is 6.54 Å². The zero-order valence-electron chi connectivity index (χ0n) is 16.0. The lowest BCUT2D eigenvalue weighted by molar-refractivity contribution is 0.0995. The fourth-order valence-electron chi connectivity index (χ4n) is 3.53. The van der Waals surface area contributed by atoms with Gasteiger partial charge in [0.15, 0.2) is 10.9 Å². The van der Waals surface area contributed by atoms with Crippen LogP contribution in [-0.4, -0.2) is 25.6 Å². The first-order valence-electron chi connectivity index (χ1n) is 9.29. The van der Waals surface area contributed by atoms with E-state index in [0.29, 0.717) is 28.2 Å². The minimum absolute atomic E-state index is 0.0324. The van der Waals surface area contributed by atoms with Gasteiger partial charge in [-0.25, -0.2) is 4.98 Å². The van der Waals surface area contributed by atoms with E-state index >= 15 is 0 Å². The summed E-state index contributed by atoms with van der Waals surface area (Å²) in [5, 5.41) is 1.73. The molecule has 2 heterocycles. The third-order valence-corrected chi connectivity index (χ3v) is 6.02.